The van der Waals surface area contributed by atoms with Crippen molar-refractivity contribution in [3.63, 3.8) is 0 Å². The number of hydrogen-bond donors (Lipinski definition) is 2. The summed E-state index contributed by atoms with van der Waals surface area (Å²) in [5, 5.41) is 18.5. The molecule has 1 aromatic rings. The standard InChI is InChI=1S/C13H18O3/c1-3-10-4-6-11(7-5-10)8-13(2,16)9-12(14)15/h4-7,16H,3,8-9H2,1-2H3,(H,14,15). The molecular formula is C13H18O3. The molecule has 0 spiro atoms. The Morgan fingerprint density at radius 2 is 1.75 bits per heavy atom. The summed E-state index contributed by atoms with van der Waals surface area (Å²) in [7, 11) is 0. The fraction of sp³-hybridized carbons (Fsp3) is 0.462. The quantitative estimate of drug-likeness (QED) is 0.801. The van der Waals surface area contributed by atoms with Crippen LogP contribution in [0.15, 0.2) is 24.3 Å². The van der Waals surface area contributed by atoms with Crippen molar-refractivity contribution in [3.05, 3.63) is 35.4 Å². The van der Waals surface area contributed by atoms with Gasteiger partial charge in [-0.05, 0) is 24.5 Å². The lowest BCUT2D eigenvalue weighted by atomic mass is 9.93. The molecule has 1 unspecified atom stereocenters. The van der Waals surface area contributed by atoms with E-state index in [9.17, 15) is 9.90 Å². The number of aliphatic carboxylic acids is 1. The number of benzene rings is 1. The summed E-state index contributed by atoms with van der Waals surface area (Å²) in [5.74, 6) is -0.977. The molecule has 1 atom stereocenters. The molecule has 1 rings (SSSR count). The number of aryl methyl sites for hydroxylation is 1. The number of carbonyl (C=O) groups is 1. The van der Waals surface area contributed by atoms with Crippen LogP contribution in [0.5, 0.6) is 0 Å². The predicted octanol–water partition coefficient (Wildman–Crippen LogP) is 2.02. The molecule has 88 valence electrons. The summed E-state index contributed by atoms with van der Waals surface area (Å²) in [5.41, 5.74) is 1.02. The fourth-order valence-corrected chi connectivity index (χ4v) is 1.72. The first kappa shape index (κ1) is 12.7. The summed E-state index contributed by atoms with van der Waals surface area (Å²) < 4.78 is 0. The molecule has 3 nitrogen and oxygen atoms in total. The van der Waals surface area contributed by atoms with Crippen molar-refractivity contribution in [2.75, 3.05) is 0 Å². The summed E-state index contributed by atoms with van der Waals surface area (Å²) >= 11 is 0. The van der Waals surface area contributed by atoms with Gasteiger partial charge in [-0.1, -0.05) is 31.2 Å². The van der Waals surface area contributed by atoms with E-state index in [1.54, 1.807) is 6.92 Å². The molecule has 0 aliphatic heterocycles. The highest BCUT2D eigenvalue weighted by atomic mass is 16.4. The van der Waals surface area contributed by atoms with Crippen LogP contribution in [0.2, 0.25) is 0 Å². The van der Waals surface area contributed by atoms with E-state index in [-0.39, 0.29) is 6.42 Å². The second-order valence-electron chi connectivity index (χ2n) is 4.41. The summed E-state index contributed by atoms with van der Waals surface area (Å²) in [6, 6.07) is 7.89. The van der Waals surface area contributed by atoms with Gasteiger partial charge in [0.25, 0.3) is 0 Å². The molecule has 16 heavy (non-hydrogen) atoms. The van der Waals surface area contributed by atoms with Crippen molar-refractivity contribution < 1.29 is 15.0 Å². The molecule has 0 amide bonds. The van der Waals surface area contributed by atoms with Crippen LogP contribution in [0.3, 0.4) is 0 Å². The van der Waals surface area contributed by atoms with Gasteiger partial charge in [0.15, 0.2) is 0 Å². The lowest BCUT2D eigenvalue weighted by molar-refractivity contribution is -0.141. The second-order valence-corrected chi connectivity index (χ2v) is 4.41. The Morgan fingerprint density at radius 3 is 2.19 bits per heavy atom. The number of aliphatic hydroxyl groups is 1. The molecule has 0 radical (unpaired) electrons. The molecule has 0 aromatic heterocycles. The molecule has 1 aromatic carbocycles. The maximum Gasteiger partial charge on any atom is 0.306 e. The minimum absolute atomic E-state index is 0.234. The number of rotatable bonds is 5. The van der Waals surface area contributed by atoms with Gasteiger partial charge in [-0.15, -0.1) is 0 Å². The van der Waals surface area contributed by atoms with E-state index in [1.807, 2.05) is 24.3 Å². The zero-order valence-electron chi connectivity index (χ0n) is 9.73. The molecule has 0 saturated carbocycles. The van der Waals surface area contributed by atoms with E-state index in [0.717, 1.165) is 12.0 Å². The Balaban J connectivity index is 2.68. The van der Waals surface area contributed by atoms with Crippen LogP contribution < -0.4 is 0 Å². The zero-order chi connectivity index (χ0) is 12.2. The van der Waals surface area contributed by atoms with Crippen molar-refractivity contribution in [1.82, 2.24) is 0 Å². The lowest BCUT2D eigenvalue weighted by Gasteiger charge is -2.21. The third kappa shape index (κ3) is 4.03. The molecule has 0 heterocycles. The average molecular weight is 222 g/mol. The topological polar surface area (TPSA) is 57.5 Å². The average Bonchev–Trinajstić information content (AvgIpc) is 2.16. The Bertz CT molecular complexity index is 352. The van der Waals surface area contributed by atoms with Crippen LogP contribution in [0.4, 0.5) is 0 Å². The van der Waals surface area contributed by atoms with Gasteiger partial charge in [-0.2, -0.15) is 0 Å². The van der Waals surface area contributed by atoms with E-state index in [4.69, 9.17) is 5.11 Å². The number of hydrogen-bond acceptors (Lipinski definition) is 2. The molecular weight excluding hydrogens is 204 g/mol. The largest absolute Gasteiger partial charge is 0.481 e. The predicted molar refractivity (Wildman–Crippen MR) is 62.4 cm³/mol. The van der Waals surface area contributed by atoms with Crippen LogP contribution in [-0.2, 0) is 17.6 Å². The van der Waals surface area contributed by atoms with Crippen molar-refractivity contribution in [2.24, 2.45) is 0 Å². The first-order valence-corrected chi connectivity index (χ1v) is 5.45. The Morgan fingerprint density at radius 1 is 1.25 bits per heavy atom. The van der Waals surface area contributed by atoms with Crippen LogP contribution in [0.25, 0.3) is 0 Å². The minimum Gasteiger partial charge on any atom is -0.481 e. The number of carboxylic acid groups (broad SMARTS) is 1. The summed E-state index contributed by atoms with van der Waals surface area (Å²) in [4.78, 5) is 10.5. The van der Waals surface area contributed by atoms with Gasteiger partial charge in [0.1, 0.15) is 0 Å². The van der Waals surface area contributed by atoms with E-state index in [2.05, 4.69) is 6.92 Å². The molecule has 0 fully saturated rings. The Hall–Kier alpha value is -1.35. The van der Waals surface area contributed by atoms with Gasteiger partial charge in [0, 0.05) is 6.42 Å². The molecule has 0 aliphatic carbocycles. The van der Waals surface area contributed by atoms with Gasteiger partial charge >= 0.3 is 5.97 Å². The van der Waals surface area contributed by atoms with Crippen LogP contribution in [0.1, 0.15) is 31.4 Å². The number of carboxylic acids is 1. The van der Waals surface area contributed by atoms with Crippen molar-refractivity contribution >= 4 is 5.97 Å². The van der Waals surface area contributed by atoms with Crippen LogP contribution >= 0.6 is 0 Å². The first-order valence-electron chi connectivity index (χ1n) is 5.45. The van der Waals surface area contributed by atoms with Gasteiger partial charge in [-0.3, -0.25) is 4.79 Å². The highest BCUT2D eigenvalue weighted by molar-refractivity contribution is 5.68. The Labute approximate surface area is 95.7 Å². The van der Waals surface area contributed by atoms with E-state index in [0.29, 0.717) is 6.42 Å². The summed E-state index contributed by atoms with van der Waals surface area (Å²) in [6.45, 7) is 3.63. The third-order valence-electron chi connectivity index (χ3n) is 2.55. The maximum atomic E-state index is 10.5. The van der Waals surface area contributed by atoms with Crippen LogP contribution in [-0.4, -0.2) is 21.8 Å². The minimum atomic E-state index is -1.18. The maximum absolute atomic E-state index is 10.5. The molecule has 3 heteroatoms. The second kappa shape index (κ2) is 5.12. The van der Waals surface area contributed by atoms with Gasteiger partial charge in [0.2, 0.25) is 0 Å². The molecule has 0 bridgehead atoms. The molecule has 0 saturated heterocycles. The van der Waals surface area contributed by atoms with E-state index >= 15 is 0 Å². The van der Waals surface area contributed by atoms with Crippen molar-refractivity contribution in [3.8, 4) is 0 Å². The first-order chi connectivity index (χ1) is 7.43. The third-order valence-corrected chi connectivity index (χ3v) is 2.55. The van der Waals surface area contributed by atoms with Crippen molar-refractivity contribution in [1.29, 1.82) is 0 Å². The van der Waals surface area contributed by atoms with Crippen LogP contribution in [0, 0.1) is 0 Å². The van der Waals surface area contributed by atoms with Gasteiger partial charge in [-0.25, -0.2) is 0 Å². The van der Waals surface area contributed by atoms with Gasteiger partial charge < -0.3 is 10.2 Å². The van der Waals surface area contributed by atoms with Crippen molar-refractivity contribution in [2.45, 2.75) is 38.7 Å². The monoisotopic (exact) mass is 222 g/mol. The fourth-order valence-electron chi connectivity index (χ4n) is 1.72. The highest BCUT2D eigenvalue weighted by Crippen LogP contribution is 2.17. The highest BCUT2D eigenvalue weighted by Gasteiger charge is 2.24. The van der Waals surface area contributed by atoms with E-state index < -0.39 is 11.6 Å². The summed E-state index contributed by atoms with van der Waals surface area (Å²) in [6.07, 6.45) is 1.11. The lowest BCUT2D eigenvalue weighted by Crippen LogP contribution is -2.30. The molecule has 2 N–H and O–H groups in total. The smallest absolute Gasteiger partial charge is 0.306 e. The zero-order valence-corrected chi connectivity index (χ0v) is 9.73. The SMILES string of the molecule is CCc1ccc(CC(C)(O)CC(=O)O)cc1. The normalized spacial score (nSPS) is 14.4. The van der Waals surface area contributed by atoms with E-state index in [1.165, 1.54) is 5.56 Å². The molecule has 0 aliphatic rings. The van der Waals surface area contributed by atoms with Gasteiger partial charge in [0.05, 0.1) is 12.0 Å². The Kier molecular flexibility index (Phi) is 4.07.